The van der Waals surface area contributed by atoms with E-state index in [1.807, 2.05) is 35.4 Å². The monoisotopic (exact) mass is 230 g/mol. The summed E-state index contributed by atoms with van der Waals surface area (Å²) in [7, 11) is 0. The lowest BCUT2D eigenvalue weighted by molar-refractivity contribution is 0.310. The molecule has 74 valence electrons. The molecule has 0 saturated carbocycles. The first-order chi connectivity index (χ1) is 6.64. The van der Waals surface area contributed by atoms with Gasteiger partial charge in [0.05, 0.1) is 6.61 Å². The van der Waals surface area contributed by atoms with Crippen molar-refractivity contribution in [2.24, 2.45) is 0 Å². The van der Waals surface area contributed by atoms with Crippen LogP contribution in [0.1, 0.15) is 5.56 Å². The summed E-state index contributed by atoms with van der Waals surface area (Å²) in [5.41, 5.74) is 0.841. The Labute approximate surface area is 86.7 Å². The maximum Gasteiger partial charge on any atom is 0.394 e. The molecule has 4 nitrogen and oxygen atoms in total. The topological polar surface area (TPSA) is 62.1 Å². The van der Waals surface area contributed by atoms with Crippen molar-refractivity contribution in [2.75, 3.05) is 0 Å². The summed E-state index contributed by atoms with van der Waals surface area (Å²) in [6.45, 7) is -3.39. The summed E-state index contributed by atoms with van der Waals surface area (Å²) in [5, 5.41) is 10.1. The average molecular weight is 231 g/mol. The number of hydrogen-bond acceptors (Lipinski definition) is 3. The Hall–Kier alpha value is -1.01. The molecule has 0 aliphatic heterocycles. The molecular formula is C8H8ClN2O2P. The lowest BCUT2D eigenvalue weighted by Crippen LogP contribution is -2.00. The van der Waals surface area contributed by atoms with Gasteiger partial charge in [0.2, 0.25) is 0 Å². The van der Waals surface area contributed by atoms with Crippen molar-refractivity contribution in [1.82, 2.24) is 5.09 Å². The molecule has 0 radical (unpaired) electrons. The van der Waals surface area contributed by atoms with E-state index < -0.39 is 6.87 Å². The van der Waals surface area contributed by atoms with Crippen LogP contribution in [0, 0.1) is 11.5 Å². The van der Waals surface area contributed by atoms with Crippen molar-refractivity contribution >= 4 is 18.1 Å². The van der Waals surface area contributed by atoms with E-state index in [1.54, 1.807) is 0 Å². The van der Waals surface area contributed by atoms with Crippen LogP contribution in [0.4, 0.5) is 0 Å². The number of halogens is 1. The smallest absolute Gasteiger partial charge is 0.297 e. The van der Waals surface area contributed by atoms with Gasteiger partial charge >= 0.3 is 6.87 Å². The highest BCUT2D eigenvalue weighted by Gasteiger charge is 2.17. The fourth-order valence-electron chi connectivity index (χ4n) is 0.824. The molecule has 1 aromatic rings. The molecule has 14 heavy (non-hydrogen) atoms. The van der Waals surface area contributed by atoms with Crippen LogP contribution in [-0.4, -0.2) is 0 Å². The summed E-state index contributed by atoms with van der Waals surface area (Å²) in [6, 6.07) is 9.13. The van der Waals surface area contributed by atoms with Crippen LogP contribution in [0.3, 0.4) is 0 Å². The van der Waals surface area contributed by atoms with Gasteiger partial charge < -0.3 is 0 Å². The van der Waals surface area contributed by atoms with Crippen LogP contribution in [0.15, 0.2) is 30.3 Å². The van der Waals surface area contributed by atoms with Crippen molar-refractivity contribution in [2.45, 2.75) is 6.61 Å². The summed E-state index contributed by atoms with van der Waals surface area (Å²) in [4.78, 5) is 0. The minimum Gasteiger partial charge on any atom is -0.297 e. The predicted octanol–water partition coefficient (Wildman–Crippen LogP) is 2.62. The van der Waals surface area contributed by atoms with Crippen LogP contribution in [-0.2, 0) is 15.7 Å². The average Bonchev–Trinajstić information content (AvgIpc) is 2.17. The zero-order valence-electron chi connectivity index (χ0n) is 7.18. The van der Waals surface area contributed by atoms with E-state index in [9.17, 15) is 4.57 Å². The second-order valence-corrected chi connectivity index (χ2v) is 5.24. The van der Waals surface area contributed by atoms with Gasteiger partial charge in [-0.1, -0.05) is 30.3 Å². The van der Waals surface area contributed by atoms with Gasteiger partial charge in [-0.25, -0.2) is 9.65 Å². The summed E-state index contributed by atoms with van der Waals surface area (Å²) in [5.74, 6) is 0. The molecule has 6 heteroatoms. The second-order valence-electron chi connectivity index (χ2n) is 2.46. The lowest BCUT2D eigenvalue weighted by atomic mass is 10.2. The number of nitrogens with zero attached hydrogens (tertiary/aromatic N) is 1. The van der Waals surface area contributed by atoms with Gasteiger partial charge in [0.15, 0.2) is 6.19 Å². The Kier molecular flexibility index (Phi) is 3.97. The molecule has 0 bridgehead atoms. The highest BCUT2D eigenvalue weighted by molar-refractivity contribution is 7.83. The van der Waals surface area contributed by atoms with E-state index in [1.165, 1.54) is 6.19 Å². The first-order valence-corrected chi connectivity index (χ1v) is 6.31. The SMILES string of the molecule is N#CNP(=O)(Cl)OCc1ccccc1. The van der Waals surface area contributed by atoms with Gasteiger partial charge in [0.1, 0.15) is 0 Å². The third-order valence-corrected chi connectivity index (χ3v) is 2.80. The number of hydrogen-bond donors (Lipinski definition) is 1. The standard InChI is InChI=1S/C8H8ClN2O2P/c9-14(12,11-7-10)13-6-8-4-2-1-3-5-8/h1-5H,6H2,(H,11,12). The Morgan fingerprint density at radius 3 is 2.71 bits per heavy atom. The zero-order valence-corrected chi connectivity index (χ0v) is 8.83. The lowest BCUT2D eigenvalue weighted by Gasteiger charge is -2.08. The first-order valence-electron chi connectivity index (χ1n) is 3.78. The summed E-state index contributed by atoms with van der Waals surface area (Å²) in [6.07, 6.45) is 1.47. The zero-order chi connectivity index (χ0) is 10.4. The Morgan fingerprint density at radius 1 is 1.50 bits per heavy atom. The molecule has 1 atom stereocenters. The molecule has 0 aliphatic rings. The number of nitrogens with one attached hydrogen (secondary N) is 1. The van der Waals surface area contributed by atoms with E-state index in [0.29, 0.717) is 0 Å². The van der Waals surface area contributed by atoms with Gasteiger partial charge in [-0.15, -0.1) is 0 Å². The fraction of sp³-hybridized carbons (Fsp3) is 0.125. The minimum absolute atomic E-state index is 0.107. The van der Waals surface area contributed by atoms with E-state index in [4.69, 9.17) is 21.0 Å². The maximum absolute atomic E-state index is 11.2. The molecule has 0 amide bonds. The van der Waals surface area contributed by atoms with E-state index >= 15 is 0 Å². The van der Waals surface area contributed by atoms with Gasteiger partial charge in [0.25, 0.3) is 0 Å². The molecule has 0 fully saturated rings. The van der Waals surface area contributed by atoms with Crippen LogP contribution >= 0.6 is 18.1 Å². The van der Waals surface area contributed by atoms with Gasteiger partial charge in [-0.05, 0) is 16.8 Å². The van der Waals surface area contributed by atoms with Crippen LogP contribution in [0.25, 0.3) is 0 Å². The molecule has 0 spiro atoms. The molecule has 1 aromatic carbocycles. The summed E-state index contributed by atoms with van der Waals surface area (Å²) >= 11 is 5.39. The maximum atomic E-state index is 11.2. The fourth-order valence-corrected chi connectivity index (χ4v) is 1.58. The third-order valence-electron chi connectivity index (χ3n) is 1.42. The van der Waals surface area contributed by atoms with Crippen LogP contribution in [0.5, 0.6) is 0 Å². The second kappa shape index (κ2) is 5.02. The van der Waals surface area contributed by atoms with Crippen LogP contribution in [0.2, 0.25) is 0 Å². The van der Waals surface area contributed by atoms with Crippen LogP contribution < -0.4 is 5.09 Å². The van der Waals surface area contributed by atoms with E-state index in [-0.39, 0.29) is 6.61 Å². The molecule has 0 aliphatic carbocycles. The molecular weight excluding hydrogens is 223 g/mol. The largest absolute Gasteiger partial charge is 0.394 e. The number of rotatable bonds is 4. The minimum atomic E-state index is -3.50. The van der Waals surface area contributed by atoms with Gasteiger partial charge in [-0.3, -0.25) is 4.52 Å². The quantitative estimate of drug-likeness (QED) is 0.491. The predicted molar refractivity (Wildman–Crippen MR) is 53.4 cm³/mol. The van der Waals surface area contributed by atoms with Crippen molar-refractivity contribution in [3.63, 3.8) is 0 Å². The van der Waals surface area contributed by atoms with Crippen molar-refractivity contribution in [3.8, 4) is 6.19 Å². The molecule has 0 aromatic heterocycles. The van der Waals surface area contributed by atoms with Gasteiger partial charge in [-0.2, -0.15) is 5.26 Å². The third kappa shape index (κ3) is 3.80. The molecule has 0 heterocycles. The van der Waals surface area contributed by atoms with Crippen molar-refractivity contribution in [1.29, 1.82) is 5.26 Å². The molecule has 1 rings (SSSR count). The Morgan fingerprint density at radius 2 is 2.14 bits per heavy atom. The number of benzene rings is 1. The van der Waals surface area contributed by atoms with E-state index in [2.05, 4.69) is 0 Å². The van der Waals surface area contributed by atoms with Crippen molar-refractivity contribution < 1.29 is 9.09 Å². The molecule has 0 saturated heterocycles. The highest BCUT2D eigenvalue weighted by atomic mass is 35.7. The van der Waals surface area contributed by atoms with E-state index in [0.717, 1.165) is 5.56 Å². The normalized spacial score (nSPS) is 14.0. The van der Waals surface area contributed by atoms with Gasteiger partial charge in [0, 0.05) is 0 Å². The Bertz CT molecular complexity index is 377. The molecule has 1 N–H and O–H groups in total. The molecule has 1 unspecified atom stereocenters. The highest BCUT2D eigenvalue weighted by Crippen LogP contribution is 2.48. The first kappa shape index (κ1) is 11.1. The summed E-state index contributed by atoms with van der Waals surface area (Å²) < 4.78 is 16.0. The van der Waals surface area contributed by atoms with Crippen molar-refractivity contribution in [3.05, 3.63) is 35.9 Å². The number of nitriles is 1. The Balaban J connectivity index is 2.50.